The first-order valence-electron chi connectivity index (χ1n) is 14.9. The number of thiazole rings is 1. The lowest BCUT2D eigenvalue weighted by molar-refractivity contribution is -0.0494. The third-order valence-electron chi connectivity index (χ3n) is 8.94. The summed E-state index contributed by atoms with van der Waals surface area (Å²) in [4.78, 5) is 27.1. The number of anilines is 2. The Labute approximate surface area is 268 Å². The second-order valence-electron chi connectivity index (χ2n) is 11.8. The minimum Gasteiger partial charge on any atom is -0.434 e. The zero-order valence-corrected chi connectivity index (χ0v) is 26.5. The molecule has 6 rings (SSSR count). The molecule has 1 saturated heterocycles. The van der Waals surface area contributed by atoms with Crippen LogP contribution in [-0.4, -0.2) is 63.8 Å². The number of aromatic nitrogens is 4. The minimum absolute atomic E-state index is 0.0709. The van der Waals surface area contributed by atoms with Gasteiger partial charge in [-0.05, 0) is 70.0 Å². The smallest absolute Gasteiger partial charge is 0.387 e. The van der Waals surface area contributed by atoms with Crippen LogP contribution in [0.2, 0.25) is 5.02 Å². The van der Waals surface area contributed by atoms with Gasteiger partial charge in [-0.25, -0.2) is 14.5 Å². The Morgan fingerprint density at radius 2 is 2.09 bits per heavy atom. The van der Waals surface area contributed by atoms with Crippen molar-refractivity contribution in [1.29, 1.82) is 5.26 Å². The third kappa shape index (κ3) is 6.19. The number of rotatable bonds is 8. The van der Waals surface area contributed by atoms with Gasteiger partial charge in [0.05, 0.1) is 23.8 Å². The Morgan fingerprint density at radius 3 is 2.82 bits per heavy atom. The molecule has 1 aliphatic carbocycles. The van der Waals surface area contributed by atoms with Gasteiger partial charge in [-0.3, -0.25) is 9.69 Å². The quantitative estimate of drug-likeness (QED) is 0.218. The lowest BCUT2D eigenvalue weighted by atomic mass is 9.63. The maximum atomic E-state index is 13.6. The number of nitrogens with zero attached hydrogens (tertiary/aromatic N) is 7. The van der Waals surface area contributed by atoms with Crippen LogP contribution in [0.1, 0.15) is 55.3 Å². The number of carbonyl (C=O) groups is 1. The SMILES string of the molecule is CN(C)C1CC(C2(C#N)CCCCC2)CCN1c1nc(-c2cc(Cl)ccc2OC(F)F)c(NC(=O)c2cnn3cccnc23)s1. The van der Waals surface area contributed by atoms with Gasteiger partial charge in [0.1, 0.15) is 22.0 Å². The van der Waals surface area contributed by atoms with Crippen molar-refractivity contribution in [2.45, 2.75) is 57.7 Å². The van der Waals surface area contributed by atoms with Crippen molar-refractivity contribution in [2.75, 3.05) is 30.9 Å². The molecule has 0 radical (unpaired) electrons. The van der Waals surface area contributed by atoms with Crippen LogP contribution < -0.4 is 15.0 Å². The standard InChI is InChI=1S/C31H33ClF2N8O2S/c1-40(2)24-15-19(31(18-35)10-4-3-5-11-31)9-14-41(24)30-38-25(21-16-20(32)7-8-23(21)44-29(33)34)28(45-30)39-27(43)22-17-37-42-13-6-12-36-26(22)42/h6-8,12-13,16-17,19,24,29H,3-5,9-11,14-15H2,1-2H3,(H,39,43). The highest BCUT2D eigenvalue weighted by molar-refractivity contribution is 7.20. The average molecular weight is 655 g/mol. The van der Waals surface area contributed by atoms with Crippen molar-refractivity contribution in [3.05, 3.63) is 53.4 Å². The van der Waals surface area contributed by atoms with E-state index in [0.29, 0.717) is 27.3 Å². The summed E-state index contributed by atoms with van der Waals surface area (Å²) in [6, 6.07) is 8.74. The van der Waals surface area contributed by atoms with Gasteiger partial charge in [0.2, 0.25) is 0 Å². The maximum Gasteiger partial charge on any atom is 0.387 e. The summed E-state index contributed by atoms with van der Waals surface area (Å²) >= 11 is 7.57. The van der Waals surface area contributed by atoms with Crippen LogP contribution in [0.3, 0.4) is 0 Å². The van der Waals surface area contributed by atoms with E-state index >= 15 is 0 Å². The van der Waals surface area contributed by atoms with E-state index in [9.17, 15) is 18.8 Å². The molecule has 1 aromatic carbocycles. The summed E-state index contributed by atoms with van der Waals surface area (Å²) in [6.45, 7) is -2.43. The Balaban J connectivity index is 1.39. The van der Waals surface area contributed by atoms with Crippen molar-refractivity contribution in [2.24, 2.45) is 11.3 Å². The molecule has 2 aliphatic rings. The molecule has 14 heteroatoms. The number of fused-ring (bicyclic) bond motifs is 1. The van der Waals surface area contributed by atoms with Crippen molar-refractivity contribution in [1.82, 2.24) is 24.5 Å². The number of halogens is 3. The van der Waals surface area contributed by atoms with Crippen LogP contribution in [0.25, 0.3) is 16.9 Å². The highest BCUT2D eigenvalue weighted by Crippen LogP contribution is 2.49. The van der Waals surface area contributed by atoms with E-state index in [-0.39, 0.29) is 40.1 Å². The molecular weight excluding hydrogens is 622 g/mol. The van der Waals surface area contributed by atoms with Crippen LogP contribution in [0.15, 0.2) is 42.9 Å². The van der Waals surface area contributed by atoms with E-state index in [4.69, 9.17) is 21.3 Å². The summed E-state index contributed by atoms with van der Waals surface area (Å²) in [5.41, 5.74) is 0.769. The van der Waals surface area contributed by atoms with Gasteiger partial charge in [-0.1, -0.05) is 42.2 Å². The summed E-state index contributed by atoms with van der Waals surface area (Å²) in [6.07, 6.45) is 11.4. The largest absolute Gasteiger partial charge is 0.434 e. The number of ether oxygens (including phenoxy) is 1. The third-order valence-corrected chi connectivity index (χ3v) is 10.2. The van der Waals surface area contributed by atoms with E-state index in [0.717, 1.165) is 38.5 Å². The van der Waals surface area contributed by atoms with Crippen LogP contribution in [-0.2, 0) is 0 Å². The van der Waals surface area contributed by atoms with Gasteiger partial charge in [0, 0.05) is 29.5 Å². The van der Waals surface area contributed by atoms with Gasteiger partial charge in [-0.15, -0.1) is 0 Å². The molecule has 1 saturated carbocycles. The second-order valence-corrected chi connectivity index (χ2v) is 13.2. The van der Waals surface area contributed by atoms with Crippen molar-refractivity contribution in [3.8, 4) is 23.1 Å². The molecule has 0 bridgehead atoms. The normalized spacial score (nSPS) is 20.0. The van der Waals surface area contributed by atoms with E-state index in [2.05, 4.69) is 31.3 Å². The van der Waals surface area contributed by atoms with Crippen LogP contribution in [0.5, 0.6) is 5.75 Å². The average Bonchev–Trinajstić information content (AvgIpc) is 3.66. The monoisotopic (exact) mass is 654 g/mol. The minimum atomic E-state index is -3.07. The molecule has 4 heterocycles. The summed E-state index contributed by atoms with van der Waals surface area (Å²) in [7, 11) is 4.00. The molecular formula is C31H33ClF2N8O2S. The van der Waals surface area contributed by atoms with Crippen LogP contribution in [0.4, 0.5) is 18.9 Å². The first-order valence-corrected chi connectivity index (χ1v) is 16.1. The van der Waals surface area contributed by atoms with E-state index in [1.54, 1.807) is 18.5 Å². The second kappa shape index (κ2) is 12.9. The molecule has 10 nitrogen and oxygen atoms in total. The Bertz CT molecular complexity index is 1730. The highest BCUT2D eigenvalue weighted by Gasteiger charge is 2.45. The highest BCUT2D eigenvalue weighted by atomic mass is 35.5. The molecule has 4 aromatic rings. The van der Waals surface area contributed by atoms with Crippen molar-refractivity contribution >= 4 is 44.6 Å². The lowest BCUT2D eigenvalue weighted by Crippen LogP contribution is -2.53. The number of alkyl halides is 2. The Morgan fingerprint density at radius 1 is 1.29 bits per heavy atom. The fourth-order valence-corrected chi connectivity index (χ4v) is 7.91. The molecule has 1 amide bonds. The van der Waals surface area contributed by atoms with Gasteiger partial charge in [0.15, 0.2) is 10.8 Å². The summed E-state index contributed by atoms with van der Waals surface area (Å²) < 4.78 is 33.2. The molecule has 3 aromatic heterocycles. The predicted octanol–water partition coefficient (Wildman–Crippen LogP) is 6.94. The van der Waals surface area contributed by atoms with Crippen molar-refractivity contribution in [3.63, 3.8) is 0 Å². The number of piperidine rings is 1. The maximum absolute atomic E-state index is 13.6. The number of carbonyl (C=O) groups excluding carboxylic acids is 1. The van der Waals surface area contributed by atoms with Gasteiger partial charge < -0.3 is 15.0 Å². The van der Waals surface area contributed by atoms with Gasteiger partial charge >= 0.3 is 6.61 Å². The Kier molecular flexibility index (Phi) is 8.90. The molecule has 2 atom stereocenters. The molecule has 236 valence electrons. The number of hydrogen-bond donors (Lipinski definition) is 1. The first-order chi connectivity index (χ1) is 21.7. The zero-order valence-electron chi connectivity index (χ0n) is 24.9. The van der Waals surface area contributed by atoms with Crippen LogP contribution >= 0.6 is 22.9 Å². The zero-order chi connectivity index (χ0) is 31.7. The van der Waals surface area contributed by atoms with Gasteiger partial charge in [-0.2, -0.15) is 19.1 Å². The summed E-state index contributed by atoms with van der Waals surface area (Å²) in [5, 5.41) is 18.7. The number of hydrogen-bond acceptors (Lipinski definition) is 9. The first kappa shape index (κ1) is 31.1. The van der Waals surface area contributed by atoms with Crippen molar-refractivity contribution < 1.29 is 18.3 Å². The van der Waals surface area contributed by atoms with Crippen LogP contribution in [0, 0.1) is 22.7 Å². The van der Waals surface area contributed by atoms with E-state index in [1.807, 2.05) is 14.1 Å². The number of benzene rings is 1. The molecule has 0 spiro atoms. The molecule has 2 fully saturated rings. The van der Waals surface area contributed by atoms with E-state index < -0.39 is 12.5 Å². The number of nitrogens with one attached hydrogen (secondary N) is 1. The fourth-order valence-electron chi connectivity index (χ4n) is 6.69. The van der Waals surface area contributed by atoms with E-state index in [1.165, 1.54) is 46.7 Å². The lowest BCUT2D eigenvalue weighted by Gasteiger charge is -2.48. The topological polar surface area (TPSA) is 112 Å². The molecule has 45 heavy (non-hydrogen) atoms. The van der Waals surface area contributed by atoms with Gasteiger partial charge in [0.25, 0.3) is 5.91 Å². The number of nitriles is 1. The molecule has 1 aliphatic heterocycles. The predicted molar refractivity (Wildman–Crippen MR) is 169 cm³/mol. The Hall–Kier alpha value is -3.86. The fraction of sp³-hybridized carbons (Fsp3) is 0.452. The molecule has 2 unspecified atom stereocenters. The molecule has 1 N–H and O–H groups in total. The summed E-state index contributed by atoms with van der Waals surface area (Å²) in [5.74, 6) is -0.350. The number of amides is 1.